The summed E-state index contributed by atoms with van der Waals surface area (Å²) in [6.45, 7) is -0.265. The van der Waals surface area contributed by atoms with Crippen molar-refractivity contribution in [2.24, 2.45) is 0 Å². The molecule has 2 nitrogen and oxygen atoms in total. The third-order valence-corrected chi connectivity index (χ3v) is 0.934. The van der Waals surface area contributed by atoms with Gasteiger partial charge in [0, 0.05) is 6.20 Å². The van der Waals surface area contributed by atoms with Gasteiger partial charge < -0.3 is 10.1 Å². The summed E-state index contributed by atoms with van der Waals surface area (Å²) in [7, 11) is 0. The van der Waals surface area contributed by atoms with Crippen LogP contribution in [0.3, 0.4) is 0 Å². The molecule has 0 saturated heterocycles. The number of halogens is 1. The normalized spacial score (nSPS) is 9.75. The Morgan fingerprint density at radius 1 is 1.75 bits per heavy atom. The van der Waals surface area contributed by atoms with Gasteiger partial charge in [-0.25, -0.2) is 4.39 Å². The largest absolute Gasteiger partial charge is 0.390 e. The van der Waals surface area contributed by atoms with E-state index in [1.54, 1.807) is 0 Å². The van der Waals surface area contributed by atoms with Gasteiger partial charge in [-0.05, 0) is 6.07 Å². The molecule has 0 unspecified atom stereocenters. The first-order valence-electron chi connectivity index (χ1n) is 2.27. The minimum atomic E-state index is -0.382. The zero-order valence-corrected chi connectivity index (χ0v) is 4.19. The Balaban J connectivity index is 2.92. The molecule has 1 aromatic rings. The Morgan fingerprint density at radius 2 is 2.50 bits per heavy atom. The van der Waals surface area contributed by atoms with Gasteiger partial charge in [-0.1, -0.05) is 0 Å². The molecule has 0 aliphatic rings. The summed E-state index contributed by atoms with van der Waals surface area (Å²) in [6, 6.07) is 1.27. The van der Waals surface area contributed by atoms with Crippen LogP contribution in [0.2, 0.25) is 0 Å². The van der Waals surface area contributed by atoms with Gasteiger partial charge in [0.25, 0.3) is 0 Å². The zero-order chi connectivity index (χ0) is 5.98. The predicted molar refractivity (Wildman–Crippen MR) is 26.7 cm³/mol. The average Bonchev–Trinajstić information content (AvgIpc) is 2.14. The van der Waals surface area contributed by atoms with Crippen molar-refractivity contribution in [3.63, 3.8) is 0 Å². The molecule has 0 atom stereocenters. The first-order chi connectivity index (χ1) is 3.84. The molecule has 0 aliphatic heterocycles. The highest BCUT2D eigenvalue weighted by molar-refractivity contribution is 5.05. The molecule has 1 aromatic heterocycles. The van der Waals surface area contributed by atoms with Gasteiger partial charge in [0.2, 0.25) is 0 Å². The van der Waals surface area contributed by atoms with E-state index < -0.39 is 0 Å². The highest BCUT2D eigenvalue weighted by atomic mass is 19.1. The van der Waals surface area contributed by atoms with Crippen molar-refractivity contribution >= 4 is 0 Å². The molecule has 0 fully saturated rings. The summed E-state index contributed by atoms with van der Waals surface area (Å²) in [4.78, 5) is 2.53. The van der Waals surface area contributed by atoms with Crippen LogP contribution in [0.5, 0.6) is 0 Å². The molecule has 0 radical (unpaired) electrons. The van der Waals surface area contributed by atoms with Crippen LogP contribution < -0.4 is 0 Å². The van der Waals surface area contributed by atoms with Crippen LogP contribution in [-0.2, 0) is 6.61 Å². The molecular weight excluding hydrogens is 109 g/mol. The molecule has 1 rings (SSSR count). The molecule has 1 heterocycles. The SMILES string of the molecule is OCc1[nH]ccc1F. The Bertz CT molecular complexity index is 173. The zero-order valence-electron chi connectivity index (χ0n) is 4.19. The maximum absolute atomic E-state index is 12.2. The van der Waals surface area contributed by atoms with Crippen molar-refractivity contribution in [1.29, 1.82) is 0 Å². The molecule has 2 N–H and O–H groups in total. The van der Waals surface area contributed by atoms with Gasteiger partial charge in [-0.15, -0.1) is 0 Å². The van der Waals surface area contributed by atoms with E-state index in [4.69, 9.17) is 5.11 Å². The molecule has 3 heteroatoms. The van der Waals surface area contributed by atoms with Crippen LogP contribution in [0.1, 0.15) is 5.69 Å². The molecule has 0 saturated carbocycles. The summed E-state index contributed by atoms with van der Waals surface area (Å²) >= 11 is 0. The summed E-state index contributed by atoms with van der Waals surface area (Å²) < 4.78 is 12.2. The molecule has 0 bridgehead atoms. The third kappa shape index (κ3) is 0.721. The van der Waals surface area contributed by atoms with Crippen LogP contribution >= 0.6 is 0 Å². The maximum Gasteiger partial charge on any atom is 0.146 e. The van der Waals surface area contributed by atoms with Crippen LogP contribution in [0.4, 0.5) is 4.39 Å². The fraction of sp³-hybridized carbons (Fsp3) is 0.200. The Kier molecular flexibility index (Phi) is 1.30. The van der Waals surface area contributed by atoms with Crippen molar-refractivity contribution in [2.45, 2.75) is 6.61 Å². The van der Waals surface area contributed by atoms with Crippen molar-refractivity contribution in [1.82, 2.24) is 4.98 Å². The van der Waals surface area contributed by atoms with E-state index >= 15 is 0 Å². The molecule has 0 aromatic carbocycles. The van der Waals surface area contributed by atoms with Crippen molar-refractivity contribution in [3.8, 4) is 0 Å². The number of aromatic nitrogens is 1. The predicted octanol–water partition coefficient (Wildman–Crippen LogP) is 0.646. The van der Waals surface area contributed by atoms with E-state index in [1.807, 2.05) is 0 Å². The molecule has 0 spiro atoms. The third-order valence-electron chi connectivity index (χ3n) is 0.934. The fourth-order valence-electron chi connectivity index (χ4n) is 0.506. The van der Waals surface area contributed by atoms with E-state index in [0.717, 1.165) is 0 Å². The number of hydrogen-bond acceptors (Lipinski definition) is 1. The molecular formula is C5H6FNO. The maximum atomic E-state index is 12.2. The highest BCUT2D eigenvalue weighted by Gasteiger charge is 1.97. The minimum Gasteiger partial charge on any atom is -0.390 e. The minimum absolute atomic E-state index is 0.241. The number of hydrogen-bond donors (Lipinski definition) is 2. The van der Waals surface area contributed by atoms with Gasteiger partial charge in [0.15, 0.2) is 0 Å². The van der Waals surface area contributed by atoms with Crippen molar-refractivity contribution in [2.75, 3.05) is 0 Å². The lowest BCUT2D eigenvalue weighted by Crippen LogP contribution is -1.84. The van der Waals surface area contributed by atoms with Crippen molar-refractivity contribution in [3.05, 3.63) is 23.8 Å². The quantitative estimate of drug-likeness (QED) is 0.553. The number of aromatic amines is 1. The topological polar surface area (TPSA) is 36.0 Å². The van der Waals surface area contributed by atoms with Crippen LogP contribution in [0.25, 0.3) is 0 Å². The number of aliphatic hydroxyl groups is 1. The lowest BCUT2D eigenvalue weighted by Gasteiger charge is -1.85. The standard InChI is InChI=1S/C5H6FNO/c6-4-1-2-7-5(4)3-8/h1-2,7-8H,3H2. The average molecular weight is 115 g/mol. The van der Waals surface area contributed by atoms with Gasteiger partial charge in [0.1, 0.15) is 5.82 Å². The Labute approximate surface area is 46.0 Å². The molecule has 0 amide bonds. The second-order valence-corrected chi connectivity index (χ2v) is 1.46. The van der Waals surface area contributed by atoms with Crippen molar-refractivity contribution < 1.29 is 9.50 Å². The summed E-state index contributed by atoms with van der Waals surface area (Å²) in [5.74, 6) is -0.382. The van der Waals surface area contributed by atoms with E-state index in [-0.39, 0.29) is 18.1 Å². The van der Waals surface area contributed by atoms with Crippen LogP contribution in [-0.4, -0.2) is 10.1 Å². The van der Waals surface area contributed by atoms with Gasteiger partial charge in [0.05, 0.1) is 12.3 Å². The molecule has 44 valence electrons. The Morgan fingerprint density at radius 3 is 2.75 bits per heavy atom. The van der Waals surface area contributed by atoms with Crippen LogP contribution in [0, 0.1) is 5.82 Å². The lowest BCUT2D eigenvalue weighted by atomic mass is 10.4. The monoisotopic (exact) mass is 115 g/mol. The van der Waals surface area contributed by atoms with Gasteiger partial charge >= 0.3 is 0 Å². The second-order valence-electron chi connectivity index (χ2n) is 1.46. The smallest absolute Gasteiger partial charge is 0.146 e. The van der Waals surface area contributed by atoms with E-state index in [2.05, 4.69) is 4.98 Å². The molecule has 8 heavy (non-hydrogen) atoms. The first kappa shape index (κ1) is 5.31. The summed E-state index contributed by atoms with van der Waals surface area (Å²) in [6.07, 6.45) is 1.45. The number of H-pyrrole nitrogens is 1. The molecule has 0 aliphatic carbocycles. The highest BCUT2D eigenvalue weighted by Crippen LogP contribution is 2.01. The van der Waals surface area contributed by atoms with E-state index in [9.17, 15) is 4.39 Å². The summed E-state index contributed by atoms with van der Waals surface area (Å²) in [5.41, 5.74) is 0.241. The van der Waals surface area contributed by atoms with Gasteiger partial charge in [-0.3, -0.25) is 0 Å². The first-order valence-corrected chi connectivity index (χ1v) is 2.27. The fourth-order valence-corrected chi connectivity index (χ4v) is 0.506. The summed E-state index contributed by atoms with van der Waals surface area (Å²) in [5, 5.41) is 8.34. The van der Waals surface area contributed by atoms with E-state index in [0.29, 0.717) is 0 Å². The van der Waals surface area contributed by atoms with Crippen LogP contribution in [0.15, 0.2) is 12.3 Å². The number of rotatable bonds is 1. The number of aliphatic hydroxyl groups excluding tert-OH is 1. The number of nitrogens with one attached hydrogen (secondary N) is 1. The van der Waals surface area contributed by atoms with Gasteiger partial charge in [-0.2, -0.15) is 0 Å². The lowest BCUT2D eigenvalue weighted by molar-refractivity contribution is 0.271. The van der Waals surface area contributed by atoms with E-state index in [1.165, 1.54) is 12.3 Å². The second kappa shape index (κ2) is 1.96. The Hall–Kier alpha value is -0.830.